The zero-order chi connectivity index (χ0) is 13.9. The van der Waals surface area contributed by atoms with E-state index in [0.717, 1.165) is 13.1 Å². The van der Waals surface area contributed by atoms with Crippen LogP contribution in [0.1, 0.15) is 30.4 Å². The highest BCUT2D eigenvalue weighted by atomic mass is 15.1. The van der Waals surface area contributed by atoms with E-state index in [2.05, 4.69) is 47.4 Å². The van der Waals surface area contributed by atoms with Gasteiger partial charge >= 0.3 is 0 Å². The Balaban J connectivity index is 1.95. The highest BCUT2D eigenvalue weighted by molar-refractivity contribution is 5.84. The van der Waals surface area contributed by atoms with Gasteiger partial charge in [0.25, 0.3) is 0 Å². The molecule has 0 radical (unpaired) electrons. The lowest BCUT2D eigenvalue weighted by Crippen LogP contribution is -2.28. The van der Waals surface area contributed by atoms with Crippen molar-refractivity contribution in [3.63, 3.8) is 0 Å². The third kappa shape index (κ3) is 2.66. The van der Waals surface area contributed by atoms with E-state index in [4.69, 9.17) is 0 Å². The molecule has 0 unspecified atom stereocenters. The molecular formula is C18H24N2. The molecule has 0 spiro atoms. The second kappa shape index (κ2) is 5.84. The van der Waals surface area contributed by atoms with Crippen LogP contribution in [-0.2, 0) is 13.1 Å². The van der Waals surface area contributed by atoms with Gasteiger partial charge in [0.1, 0.15) is 0 Å². The van der Waals surface area contributed by atoms with Gasteiger partial charge in [-0.25, -0.2) is 0 Å². The van der Waals surface area contributed by atoms with Crippen molar-refractivity contribution < 1.29 is 0 Å². The number of piperidine rings is 1. The van der Waals surface area contributed by atoms with Crippen molar-refractivity contribution >= 4 is 10.9 Å². The molecule has 1 aromatic heterocycles. The predicted molar refractivity (Wildman–Crippen MR) is 86.0 cm³/mol. The van der Waals surface area contributed by atoms with E-state index in [-0.39, 0.29) is 0 Å². The van der Waals surface area contributed by atoms with Gasteiger partial charge in [0, 0.05) is 30.2 Å². The van der Waals surface area contributed by atoms with Crippen LogP contribution in [0.15, 0.2) is 37.1 Å². The first kappa shape index (κ1) is 13.4. The highest BCUT2D eigenvalue weighted by Gasteiger charge is 2.14. The van der Waals surface area contributed by atoms with Crippen molar-refractivity contribution in [2.75, 3.05) is 13.1 Å². The molecule has 0 bridgehead atoms. The number of aromatic nitrogens is 1. The normalized spacial score (nSPS) is 16.6. The first-order chi connectivity index (χ1) is 9.78. The van der Waals surface area contributed by atoms with Crippen molar-refractivity contribution in [1.82, 2.24) is 9.47 Å². The Bertz CT molecular complexity index is 603. The molecule has 1 aromatic carbocycles. The summed E-state index contributed by atoms with van der Waals surface area (Å²) >= 11 is 0. The summed E-state index contributed by atoms with van der Waals surface area (Å²) in [5.74, 6) is 0. The van der Waals surface area contributed by atoms with E-state index in [9.17, 15) is 0 Å². The van der Waals surface area contributed by atoms with Crippen molar-refractivity contribution in [3.05, 3.63) is 48.2 Å². The van der Waals surface area contributed by atoms with E-state index < -0.39 is 0 Å². The van der Waals surface area contributed by atoms with E-state index in [1.54, 1.807) is 0 Å². The van der Waals surface area contributed by atoms with Crippen molar-refractivity contribution in [2.24, 2.45) is 0 Å². The Morgan fingerprint density at radius 2 is 2.00 bits per heavy atom. The number of aryl methyl sites for hydroxylation is 1. The van der Waals surface area contributed by atoms with Gasteiger partial charge in [-0.3, -0.25) is 4.90 Å². The molecule has 0 amide bonds. The van der Waals surface area contributed by atoms with Crippen LogP contribution in [-0.4, -0.2) is 22.6 Å². The summed E-state index contributed by atoms with van der Waals surface area (Å²) in [7, 11) is 0. The molecule has 2 aromatic rings. The number of fused-ring (bicyclic) bond motifs is 1. The summed E-state index contributed by atoms with van der Waals surface area (Å²) in [6, 6.07) is 6.77. The van der Waals surface area contributed by atoms with Crippen LogP contribution in [0.3, 0.4) is 0 Å². The Hall–Kier alpha value is -1.54. The fourth-order valence-corrected chi connectivity index (χ4v) is 3.26. The summed E-state index contributed by atoms with van der Waals surface area (Å²) in [6.07, 6.45) is 8.40. The summed E-state index contributed by atoms with van der Waals surface area (Å²) < 4.78 is 2.32. The fourth-order valence-electron chi connectivity index (χ4n) is 3.26. The zero-order valence-electron chi connectivity index (χ0n) is 12.4. The topological polar surface area (TPSA) is 8.17 Å². The van der Waals surface area contributed by atoms with Gasteiger partial charge in [0.05, 0.1) is 0 Å². The minimum atomic E-state index is 0.888. The molecule has 2 heterocycles. The maximum Gasteiger partial charge on any atom is 0.0486 e. The molecule has 2 nitrogen and oxygen atoms in total. The minimum absolute atomic E-state index is 0.888. The number of hydrogen-bond donors (Lipinski definition) is 0. The van der Waals surface area contributed by atoms with Crippen LogP contribution in [0.5, 0.6) is 0 Å². The lowest BCUT2D eigenvalue weighted by molar-refractivity contribution is 0.221. The monoisotopic (exact) mass is 268 g/mol. The summed E-state index contributed by atoms with van der Waals surface area (Å²) in [5, 5.41) is 1.41. The number of rotatable bonds is 4. The molecule has 1 aliphatic rings. The highest BCUT2D eigenvalue weighted by Crippen LogP contribution is 2.25. The number of allylic oxidation sites excluding steroid dienone is 1. The van der Waals surface area contributed by atoms with Crippen LogP contribution >= 0.6 is 0 Å². The Labute approximate surface area is 121 Å². The molecule has 0 atom stereocenters. The number of hydrogen-bond acceptors (Lipinski definition) is 1. The van der Waals surface area contributed by atoms with Gasteiger partial charge in [-0.05, 0) is 50.6 Å². The Kier molecular flexibility index (Phi) is 3.93. The molecule has 1 saturated heterocycles. The van der Waals surface area contributed by atoms with Crippen molar-refractivity contribution in [3.8, 4) is 0 Å². The molecule has 0 saturated carbocycles. The number of likely N-dealkylation sites (tertiary alicyclic amines) is 1. The average molecular weight is 268 g/mol. The summed E-state index contributed by atoms with van der Waals surface area (Å²) in [5.41, 5.74) is 4.14. The SMILES string of the molecule is C=CCn1cc(CN2CCCCC2)c2cc(C)ccc21. The first-order valence-electron chi connectivity index (χ1n) is 7.69. The van der Waals surface area contributed by atoms with Crippen LogP contribution in [0.25, 0.3) is 10.9 Å². The minimum Gasteiger partial charge on any atom is -0.343 e. The second-order valence-corrected chi connectivity index (χ2v) is 5.95. The quantitative estimate of drug-likeness (QED) is 0.757. The second-order valence-electron chi connectivity index (χ2n) is 5.95. The van der Waals surface area contributed by atoms with Crippen LogP contribution < -0.4 is 0 Å². The molecule has 1 fully saturated rings. The van der Waals surface area contributed by atoms with Gasteiger partial charge in [0.15, 0.2) is 0 Å². The lowest BCUT2D eigenvalue weighted by Gasteiger charge is -2.26. The predicted octanol–water partition coefficient (Wildman–Crippen LogP) is 4.12. The zero-order valence-corrected chi connectivity index (χ0v) is 12.4. The maximum absolute atomic E-state index is 3.87. The Morgan fingerprint density at radius 1 is 1.20 bits per heavy atom. The van der Waals surface area contributed by atoms with Gasteiger partial charge < -0.3 is 4.57 Å². The van der Waals surface area contributed by atoms with Crippen LogP contribution in [0, 0.1) is 6.92 Å². The van der Waals surface area contributed by atoms with E-state index in [1.165, 1.54) is 54.4 Å². The van der Waals surface area contributed by atoms with Gasteiger partial charge in [0.2, 0.25) is 0 Å². The summed E-state index contributed by atoms with van der Waals surface area (Å²) in [6.45, 7) is 10.5. The van der Waals surface area contributed by atoms with E-state index >= 15 is 0 Å². The van der Waals surface area contributed by atoms with Gasteiger partial charge in [-0.2, -0.15) is 0 Å². The molecule has 2 heteroatoms. The fraction of sp³-hybridized carbons (Fsp3) is 0.444. The van der Waals surface area contributed by atoms with Crippen molar-refractivity contribution in [1.29, 1.82) is 0 Å². The molecule has 1 aliphatic heterocycles. The third-order valence-corrected chi connectivity index (χ3v) is 4.29. The smallest absolute Gasteiger partial charge is 0.0486 e. The standard InChI is InChI=1S/C18H24N2/c1-3-9-20-14-16(13-19-10-5-4-6-11-19)17-12-15(2)7-8-18(17)20/h3,7-8,12,14H,1,4-6,9-11,13H2,2H3. The van der Waals surface area contributed by atoms with Gasteiger partial charge in [-0.1, -0.05) is 24.1 Å². The largest absolute Gasteiger partial charge is 0.343 e. The van der Waals surface area contributed by atoms with Gasteiger partial charge in [-0.15, -0.1) is 6.58 Å². The number of benzene rings is 1. The number of nitrogens with zero attached hydrogens (tertiary/aromatic N) is 2. The summed E-state index contributed by atoms with van der Waals surface area (Å²) in [4.78, 5) is 2.60. The molecule has 106 valence electrons. The first-order valence-corrected chi connectivity index (χ1v) is 7.69. The Morgan fingerprint density at radius 3 is 2.75 bits per heavy atom. The molecule has 3 rings (SSSR count). The van der Waals surface area contributed by atoms with Crippen molar-refractivity contribution in [2.45, 2.75) is 39.3 Å². The molecule has 20 heavy (non-hydrogen) atoms. The third-order valence-electron chi connectivity index (χ3n) is 4.29. The molecule has 0 aliphatic carbocycles. The van der Waals surface area contributed by atoms with Crippen LogP contribution in [0.2, 0.25) is 0 Å². The average Bonchev–Trinajstić information content (AvgIpc) is 2.78. The van der Waals surface area contributed by atoms with E-state index in [1.807, 2.05) is 6.08 Å². The van der Waals surface area contributed by atoms with Crippen LogP contribution in [0.4, 0.5) is 0 Å². The lowest BCUT2D eigenvalue weighted by atomic mass is 10.1. The molecular weight excluding hydrogens is 244 g/mol. The molecule has 0 N–H and O–H groups in total. The van der Waals surface area contributed by atoms with E-state index in [0.29, 0.717) is 0 Å². The maximum atomic E-state index is 3.87.